The maximum atomic E-state index is 11.0. The van der Waals surface area contributed by atoms with Gasteiger partial charge in [0.05, 0.1) is 23.2 Å². The third-order valence-electron chi connectivity index (χ3n) is 3.84. The van der Waals surface area contributed by atoms with Crippen LogP contribution < -0.4 is 0 Å². The third-order valence-corrected chi connectivity index (χ3v) is 4.86. The number of fused-ring (bicyclic) bond motifs is 1. The second kappa shape index (κ2) is 5.89. The minimum Gasteiger partial charge on any atom is -0.481 e. The summed E-state index contributed by atoms with van der Waals surface area (Å²) in [5.74, 6) is -0.703. The van der Waals surface area contributed by atoms with Crippen LogP contribution in [0.4, 0.5) is 0 Å². The fourth-order valence-corrected chi connectivity index (χ4v) is 3.86. The number of aromatic nitrogens is 1. The number of hydrogen-bond donors (Lipinski definition) is 1. The normalized spacial score (nSPS) is 20.3. The first-order valence-electron chi connectivity index (χ1n) is 7.02. The van der Waals surface area contributed by atoms with E-state index in [1.54, 1.807) is 11.3 Å². The minimum absolute atomic E-state index is 0.160. The van der Waals surface area contributed by atoms with Gasteiger partial charge >= 0.3 is 5.97 Å². The van der Waals surface area contributed by atoms with Crippen LogP contribution in [-0.4, -0.2) is 33.5 Å². The molecule has 1 saturated heterocycles. The fraction of sp³-hybridized carbons (Fsp3) is 0.467. The molecule has 0 saturated carbocycles. The molecule has 1 atom stereocenters. The van der Waals surface area contributed by atoms with Crippen molar-refractivity contribution in [2.75, 3.05) is 6.54 Å². The van der Waals surface area contributed by atoms with Crippen molar-refractivity contribution in [1.82, 2.24) is 9.88 Å². The number of carbonyl (C=O) groups is 1. The van der Waals surface area contributed by atoms with Crippen molar-refractivity contribution in [3.8, 4) is 0 Å². The average molecular weight is 290 g/mol. The number of thiazole rings is 1. The monoisotopic (exact) mass is 290 g/mol. The van der Waals surface area contributed by atoms with Gasteiger partial charge in [0.1, 0.15) is 5.01 Å². The van der Waals surface area contributed by atoms with E-state index in [0.29, 0.717) is 0 Å². The Morgan fingerprint density at radius 2 is 2.25 bits per heavy atom. The van der Waals surface area contributed by atoms with Crippen molar-refractivity contribution in [2.45, 2.75) is 38.3 Å². The first kappa shape index (κ1) is 13.5. The van der Waals surface area contributed by atoms with Crippen LogP contribution in [0, 0.1) is 0 Å². The van der Waals surface area contributed by atoms with Crippen LogP contribution in [0.2, 0.25) is 0 Å². The Bertz CT molecular complexity index is 578. The van der Waals surface area contributed by atoms with Crippen molar-refractivity contribution in [3.63, 3.8) is 0 Å². The molecule has 1 aliphatic rings. The first-order valence-corrected chi connectivity index (χ1v) is 7.84. The Labute approximate surface area is 122 Å². The number of hydrogen-bond acceptors (Lipinski definition) is 4. The van der Waals surface area contributed by atoms with E-state index in [9.17, 15) is 4.79 Å². The van der Waals surface area contributed by atoms with Gasteiger partial charge in [-0.3, -0.25) is 9.69 Å². The van der Waals surface area contributed by atoms with E-state index < -0.39 is 5.97 Å². The minimum atomic E-state index is -0.703. The summed E-state index contributed by atoms with van der Waals surface area (Å²) in [5, 5.41) is 10.1. The molecule has 5 heteroatoms. The molecule has 0 bridgehead atoms. The van der Waals surface area contributed by atoms with Crippen LogP contribution in [0.15, 0.2) is 24.3 Å². The summed E-state index contributed by atoms with van der Waals surface area (Å²) in [7, 11) is 0. The van der Waals surface area contributed by atoms with Gasteiger partial charge in [0.15, 0.2) is 0 Å². The highest BCUT2D eigenvalue weighted by molar-refractivity contribution is 7.18. The van der Waals surface area contributed by atoms with E-state index in [1.165, 1.54) is 4.70 Å². The third kappa shape index (κ3) is 2.99. The number of carboxylic acid groups (broad SMARTS) is 1. The van der Waals surface area contributed by atoms with Crippen LogP contribution in [0.5, 0.6) is 0 Å². The Balaban J connectivity index is 1.75. The van der Waals surface area contributed by atoms with E-state index in [4.69, 9.17) is 5.11 Å². The van der Waals surface area contributed by atoms with Crippen LogP contribution in [-0.2, 0) is 11.3 Å². The topological polar surface area (TPSA) is 53.4 Å². The lowest BCUT2D eigenvalue weighted by atomic mass is 9.99. The summed E-state index contributed by atoms with van der Waals surface area (Å²) in [4.78, 5) is 17.9. The molecule has 1 unspecified atom stereocenters. The maximum absolute atomic E-state index is 11.0. The van der Waals surface area contributed by atoms with E-state index >= 15 is 0 Å². The van der Waals surface area contributed by atoms with Crippen LogP contribution in [0.3, 0.4) is 0 Å². The Hall–Kier alpha value is -1.46. The molecule has 0 spiro atoms. The van der Waals surface area contributed by atoms with E-state index in [0.717, 1.165) is 42.9 Å². The zero-order valence-electron chi connectivity index (χ0n) is 11.3. The van der Waals surface area contributed by atoms with Crippen LogP contribution in [0.1, 0.15) is 30.7 Å². The zero-order chi connectivity index (χ0) is 13.9. The average Bonchev–Trinajstić information content (AvgIpc) is 2.82. The predicted octanol–water partition coefficient (Wildman–Crippen LogP) is 3.13. The summed E-state index contributed by atoms with van der Waals surface area (Å²) in [5.41, 5.74) is 1.04. The summed E-state index contributed by atoms with van der Waals surface area (Å²) < 4.78 is 1.20. The van der Waals surface area contributed by atoms with Crippen LogP contribution >= 0.6 is 11.3 Å². The summed E-state index contributed by atoms with van der Waals surface area (Å²) in [6, 6.07) is 8.30. The Kier molecular flexibility index (Phi) is 3.98. The molecule has 1 aromatic heterocycles. The zero-order valence-corrected chi connectivity index (χ0v) is 12.1. The predicted molar refractivity (Wildman–Crippen MR) is 79.9 cm³/mol. The van der Waals surface area contributed by atoms with Gasteiger partial charge in [0.2, 0.25) is 0 Å². The summed E-state index contributed by atoms with van der Waals surface area (Å²) >= 11 is 1.71. The lowest BCUT2D eigenvalue weighted by Crippen LogP contribution is -2.40. The number of piperidine rings is 1. The van der Waals surface area contributed by atoms with E-state index in [2.05, 4.69) is 16.0 Å². The standard InChI is InChI=1S/C15H18N2O2S/c18-15(19)9-11-5-3-4-8-17(11)10-14-16-12-6-1-2-7-13(12)20-14/h1-2,6-7,11H,3-5,8-10H2,(H,18,19). The number of nitrogens with zero attached hydrogens (tertiary/aromatic N) is 2. The highest BCUT2D eigenvalue weighted by atomic mass is 32.1. The number of carboxylic acids is 1. The largest absolute Gasteiger partial charge is 0.481 e. The van der Waals surface area contributed by atoms with Crippen molar-refractivity contribution < 1.29 is 9.90 Å². The Morgan fingerprint density at radius 1 is 1.40 bits per heavy atom. The van der Waals surface area contributed by atoms with Gasteiger partial charge in [-0.15, -0.1) is 11.3 Å². The molecular weight excluding hydrogens is 272 g/mol. The van der Waals surface area contributed by atoms with Crippen molar-refractivity contribution >= 4 is 27.5 Å². The lowest BCUT2D eigenvalue weighted by Gasteiger charge is -2.34. The van der Waals surface area contributed by atoms with Gasteiger partial charge < -0.3 is 5.11 Å². The molecule has 106 valence electrons. The number of benzene rings is 1. The first-order chi connectivity index (χ1) is 9.72. The second-order valence-corrected chi connectivity index (χ2v) is 6.41. The fourth-order valence-electron chi connectivity index (χ4n) is 2.86. The SMILES string of the molecule is O=C(O)CC1CCCCN1Cc1nc2ccccc2s1. The van der Waals surface area contributed by atoms with Crippen molar-refractivity contribution in [3.05, 3.63) is 29.3 Å². The molecule has 20 heavy (non-hydrogen) atoms. The molecule has 1 N–H and O–H groups in total. The van der Waals surface area contributed by atoms with Crippen molar-refractivity contribution in [1.29, 1.82) is 0 Å². The molecule has 2 heterocycles. The van der Waals surface area contributed by atoms with Crippen LogP contribution in [0.25, 0.3) is 10.2 Å². The van der Waals surface area contributed by atoms with Gasteiger partial charge in [-0.25, -0.2) is 4.98 Å². The van der Waals surface area contributed by atoms with Gasteiger partial charge in [-0.05, 0) is 31.5 Å². The molecule has 0 amide bonds. The molecule has 3 rings (SSSR count). The molecule has 1 aliphatic heterocycles. The lowest BCUT2D eigenvalue weighted by molar-refractivity contribution is -0.138. The van der Waals surface area contributed by atoms with Gasteiger partial charge in [0, 0.05) is 6.04 Å². The van der Waals surface area contributed by atoms with Gasteiger partial charge in [0.25, 0.3) is 0 Å². The van der Waals surface area contributed by atoms with E-state index in [1.807, 2.05) is 18.2 Å². The Morgan fingerprint density at radius 3 is 3.05 bits per heavy atom. The quantitative estimate of drug-likeness (QED) is 0.940. The number of para-hydroxylation sites is 1. The number of likely N-dealkylation sites (tertiary alicyclic amines) is 1. The maximum Gasteiger partial charge on any atom is 0.304 e. The van der Waals surface area contributed by atoms with Gasteiger partial charge in [-0.2, -0.15) is 0 Å². The molecule has 2 aromatic rings. The molecule has 4 nitrogen and oxygen atoms in total. The summed E-state index contributed by atoms with van der Waals surface area (Å²) in [6.45, 7) is 1.76. The van der Waals surface area contributed by atoms with Gasteiger partial charge in [-0.1, -0.05) is 18.6 Å². The molecular formula is C15H18N2O2S. The highest BCUT2D eigenvalue weighted by Crippen LogP contribution is 2.26. The molecule has 0 radical (unpaired) electrons. The molecule has 0 aliphatic carbocycles. The van der Waals surface area contributed by atoms with E-state index in [-0.39, 0.29) is 12.5 Å². The highest BCUT2D eigenvalue weighted by Gasteiger charge is 2.25. The smallest absolute Gasteiger partial charge is 0.304 e. The molecule has 1 fully saturated rings. The second-order valence-electron chi connectivity index (χ2n) is 5.29. The molecule has 1 aromatic carbocycles. The summed E-state index contributed by atoms with van der Waals surface area (Å²) in [6.07, 6.45) is 3.51. The van der Waals surface area contributed by atoms with Crippen molar-refractivity contribution in [2.24, 2.45) is 0 Å². The number of aliphatic carboxylic acids is 1. The number of rotatable bonds is 4.